The van der Waals surface area contributed by atoms with Crippen LogP contribution in [0.4, 0.5) is 9.59 Å². The van der Waals surface area contributed by atoms with Crippen LogP contribution in [0.3, 0.4) is 0 Å². The number of hydrogen-bond donors (Lipinski definition) is 3. The van der Waals surface area contributed by atoms with Crippen LogP contribution in [0.15, 0.2) is 78.9 Å². The van der Waals surface area contributed by atoms with Gasteiger partial charge < -0.3 is 25.0 Å². The van der Waals surface area contributed by atoms with Crippen LogP contribution in [0.1, 0.15) is 75.6 Å². The first-order chi connectivity index (χ1) is 20.4. The summed E-state index contributed by atoms with van der Waals surface area (Å²) in [4.78, 5) is 28.3. The number of nitrogens with one attached hydrogen (secondary N) is 1. The van der Waals surface area contributed by atoms with Gasteiger partial charge in [0.1, 0.15) is 18.0 Å². The van der Waals surface area contributed by atoms with Crippen molar-refractivity contribution in [1.82, 2.24) is 10.2 Å². The SMILES string of the molecule is CC(C)c1cccc(C2(N(C[C@@H](O)[C@H](Cc3cccc(O)c3)NC(=O)OC(C)(C)C)C(=O)OCc3ccccc3)CC2)c1. The molecular formula is C35H44N2O6. The summed E-state index contributed by atoms with van der Waals surface area (Å²) in [6, 6.07) is 23.5. The first kappa shape index (κ1) is 31.9. The van der Waals surface area contributed by atoms with Gasteiger partial charge in [-0.3, -0.25) is 4.90 Å². The Bertz CT molecular complexity index is 1380. The topological polar surface area (TPSA) is 108 Å². The molecule has 43 heavy (non-hydrogen) atoms. The molecule has 1 aliphatic carbocycles. The molecule has 2 amide bonds. The van der Waals surface area contributed by atoms with Gasteiger partial charge in [-0.15, -0.1) is 0 Å². The van der Waals surface area contributed by atoms with E-state index in [1.165, 1.54) is 0 Å². The quantitative estimate of drug-likeness (QED) is 0.232. The van der Waals surface area contributed by atoms with Gasteiger partial charge in [0, 0.05) is 0 Å². The predicted octanol–water partition coefficient (Wildman–Crippen LogP) is 6.64. The molecule has 3 aromatic rings. The minimum Gasteiger partial charge on any atom is -0.508 e. The van der Waals surface area contributed by atoms with Crippen LogP contribution in [0.5, 0.6) is 5.75 Å². The molecule has 8 heteroatoms. The van der Waals surface area contributed by atoms with E-state index in [0.717, 1.165) is 29.5 Å². The highest BCUT2D eigenvalue weighted by Gasteiger charge is 2.53. The Morgan fingerprint density at radius 2 is 1.63 bits per heavy atom. The highest BCUT2D eigenvalue weighted by molar-refractivity contribution is 5.71. The normalized spacial score (nSPS) is 15.3. The molecule has 0 unspecified atom stereocenters. The number of alkyl carbamates (subject to hydrolysis) is 1. The standard InChI is InChI=1S/C35H44N2O6/c1-24(2)27-14-10-15-28(21-27)35(17-18-35)37(33(41)42-23-25-11-7-6-8-12-25)22-31(39)30(36-32(40)43-34(3,4)5)20-26-13-9-16-29(38)19-26/h6-16,19,21,24,30-31,38-39H,17-18,20,22-23H2,1-5H3,(H,36,40)/t30-,31+/m0/s1. The fourth-order valence-corrected chi connectivity index (χ4v) is 5.24. The summed E-state index contributed by atoms with van der Waals surface area (Å²) in [5.41, 5.74) is 2.35. The number of aromatic hydroxyl groups is 1. The summed E-state index contributed by atoms with van der Waals surface area (Å²) < 4.78 is 11.3. The van der Waals surface area contributed by atoms with Gasteiger partial charge in [-0.05, 0) is 80.3 Å². The van der Waals surface area contributed by atoms with Crippen molar-refractivity contribution in [2.45, 2.75) is 89.7 Å². The molecule has 2 atom stereocenters. The number of amides is 2. The number of carbonyl (C=O) groups is 2. The van der Waals surface area contributed by atoms with Crippen LogP contribution >= 0.6 is 0 Å². The Morgan fingerprint density at radius 3 is 2.26 bits per heavy atom. The summed E-state index contributed by atoms with van der Waals surface area (Å²) in [5, 5.41) is 24.5. The zero-order chi connectivity index (χ0) is 31.2. The lowest BCUT2D eigenvalue weighted by molar-refractivity contribution is 0.0230. The summed E-state index contributed by atoms with van der Waals surface area (Å²) in [7, 11) is 0. The third kappa shape index (κ3) is 8.74. The Labute approximate surface area is 254 Å². The van der Waals surface area contributed by atoms with Crippen LogP contribution in [-0.2, 0) is 28.0 Å². The summed E-state index contributed by atoms with van der Waals surface area (Å²) >= 11 is 0. The molecule has 230 valence electrons. The Balaban J connectivity index is 1.63. The Hall–Kier alpha value is -4.04. The van der Waals surface area contributed by atoms with Gasteiger partial charge in [-0.25, -0.2) is 9.59 Å². The van der Waals surface area contributed by atoms with Crippen molar-refractivity contribution in [2.75, 3.05) is 6.54 Å². The van der Waals surface area contributed by atoms with E-state index >= 15 is 0 Å². The predicted molar refractivity (Wildman–Crippen MR) is 166 cm³/mol. The first-order valence-corrected chi connectivity index (χ1v) is 14.9. The number of aliphatic hydroxyl groups excluding tert-OH is 1. The van der Waals surface area contributed by atoms with Crippen LogP contribution < -0.4 is 5.32 Å². The van der Waals surface area contributed by atoms with Crippen molar-refractivity contribution < 1.29 is 29.3 Å². The largest absolute Gasteiger partial charge is 0.508 e. The number of nitrogens with zero attached hydrogens (tertiary/aromatic N) is 1. The molecule has 0 aromatic heterocycles. The van der Waals surface area contributed by atoms with E-state index in [9.17, 15) is 19.8 Å². The zero-order valence-corrected chi connectivity index (χ0v) is 25.7. The lowest BCUT2D eigenvalue weighted by Gasteiger charge is -2.36. The molecule has 4 rings (SSSR count). The van der Waals surface area contributed by atoms with Gasteiger partial charge in [-0.1, -0.05) is 80.6 Å². The average molecular weight is 589 g/mol. The van der Waals surface area contributed by atoms with Crippen LogP contribution in [0.2, 0.25) is 0 Å². The molecule has 0 spiro atoms. The first-order valence-electron chi connectivity index (χ1n) is 14.9. The highest BCUT2D eigenvalue weighted by atomic mass is 16.6. The second-order valence-electron chi connectivity index (χ2n) is 12.7. The van der Waals surface area contributed by atoms with Gasteiger partial charge >= 0.3 is 12.2 Å². The number of phenols is 1. The van der Waals surface area contributed by atoms with Crippen LogP contribution in [0, 0.1) is 0 Å². The molecule has 0 aliphatic heterocycles. The Morgan fingerprint density at radius 1 is 0.953 bits per heavy atom. The van der Waals surface area contributed by atoms with Crippen molar-refractivity contribution in [3.05, 3.63) is 101 Å². The van der Waals surface area contributed by atoms with Crippen LogP contribution in [0.25, 0.3) is 0 Å². The summed E-state index contributed by atoms with van der Waals surface area (Å²) in [6.45, 7) is 9.56. The van der Waals surface area contributed by atoms with Crippen molar-refractivity contribution in [2.24, 2.45) is 0 Å². The molecule has 3 N–H and O–H groups in total. The van der Waals surface area contributed by atoms with E-state index in [2.05, 4.69) is 31.3 Å². The number of phenolic OH excluding ortho intramolecular Hbond substituents is 1. The van der Waals surface area contributed by atoms with E-state index in [1.807, 2.05) is 48.5 Å². The molecule has 0 saturated heterocycles. The maximum Gasteiger partial charge on any atom is 0.410 e. The van der Waals surface area contributed by atoms with E-state index in [-0.39, 0.29) is 25.3 Å². The summed E-state index contributed by atoms with van der Waals surface area (Å²) in [6.07, 6.45) is -0.747. The fourth-order valence-electron chi connectivity index (χ4n) is 5.24. The van der Waals surface area contributed by atoms with Crippen molar-refractivity contribution in [3.63, 3.8) is 0 Å². The molecule has 1 saturated carbocycles. The van der Waals surface area contributed by atoms with E-state index in [1.54, 1.807) is 43.9 Å². The second-order valence-corrected chi connectivity index (χ2v) is 12.7. The van der Waals surface area contributed by atoms with Gasteiger partial charge in [0.2, 0.25) is 0 Å². The van der Waals surface area contributed by atoms with Gasteiger partial charge in [0.05, 0.1) is 24.2 Å². The Kier molecular flexibility index (Phi) is 10.0. The van der Waals surface area contributed by atoms with Crippen LogP contribution in [-0.4, -0.2) is 51.6 Å². The lowest BCUT2D eigenvalue weighted by Crippen LogP contribution is -2.53. The third-order valence-electron chi connectivity index (χ3n) is 7.66. The van der Waals surface area contributed by atoms with Gasteiger partial charge in [-0.2, -0.15) is 0 Å². The van der Waals surface area contributed by atoms with E-state index in [4.69, 9.17) is 9.47 Å². The molecule has 1 fully saturated rings. The number of aliphatic hydroxyl groups is 1. The number of ether oxygens (including phenoxy) is 2. The maximum absolute atomic E-state index is 13.8. The number of rotatable bonds is 11. The van der Waals surface area contributed by atoms with Gasteiger partial charge in [0.15, 0.2) is 0 Å². The van der Waals surface area contributed by atoms with Gasteiger partial charge in [0.25, 0.3) is 0 Å². The van der Waals surface area contributed by atoms with E-state index < -0.39 is 35.5 Å². The zero-order valence-electron chi connectivity index (χ0n) is 25.7. The molecule has 0 radical (unpaired) electrons. The minimum absolute atomic E-state index is 0.0797. The molecule has 8 nitrogen and oxygen atoms in total. The lowest BCUT2D eigenvalue weighted by atomic mass is 9.94. The number of hydrogen-bond acceptors (Lipinski definition) is 6. The van der Waals surface area contributed by atoms with Crippen molar-refractivity contribution in [1.29, 1.82) is 0 Å². The second kappa shape index (κ2) is 13.5. The summed E-state index contributed by atoms with van der Waals surface area (Å²) in [5.74, 6) is 0.389. The maximum atomic E-state index is 13.8. The monoisotopic (exact) mass is 588 g/mol. The molecule has 3 aromatic carbocycles. The molecule has 0 bridgehead atoms. The smallest absolute Gasteiger partial charge is 0.410 e. The third-order valence-corrected chi connectivity index (χ3v) is 7.66. The molecular weight excluding hydrogens is 544 g/mol. The van der Waals surface area contributed by atoms with Crippen molar-refractivity contribution >= 4 is 12.2 Å². The minimum atomic E-state index is -1.18. The number of benzene rings is 3. The molecule has 1 aliphatic rings. The highest BCUT2D eigenvalue weighted by Crippen LogP contribution is 2.52. The fraction of sp³-hybridized carbons (Fsp3) is 0.429. The average Bonchev–Trinajstić information content (AvgIpc) is 3.76. The molecule has 0 heterocycles. The number of carbonyl (C=O) groups excluding carboxylic acids is 2. The van der Waals surface area contributed by atoms with Crippen molar-refractivity contribution in [3.8, 4) is 5.75 Å². The van der Waals surface area contributed by atoms with E-state index in [0.29, 0.717) is 11.5 Å².